The van der Waals surface area contributed by atoms with Crippen LogP contribution in [0.15, 0.2) is 169 Å². The van der Waals surface area contributed by atoms with Crippen LogP contribution in [-0.2, 0) is 0 Å². The van der Waals surface area contributed by atoms with Crippen LogP contribution in [0.3, 0.4) is 0 Å². The lowest BCUT2D eigenvalue weighted by Gasteiger charge is -2.20. The van der Waals surface area contributed by atoms with E-state index in [-0.39, 0.29) is 10.6 Å². The van der Waals surface area contributed by atoms with E-state index in [2.05, 4.69) is 88.4 Å². The smallest absolute Gasteiger partial charge is 0.292 e. The van der Waals surface area contributed by atoms with E-state index in [1.54, 1.807) is 30.1 Å². The molecule has 7 rings (SSSR count). The third kappa shape index (κ3) is 6.94. The number of nitro groups is 1. The highest BCUT2D eigenvalue weighted by Gasteiger charge is 2.29. The predicted octanol–water partition coefficient (Wildman–Crippen LogP) is 11.1. The van der Waals surface area contributed by atoms with Gasteiger partial charge in [0.15, 0.2) is 0 Å². The lowest BCUT2D eigenvalue weighted by Crippen LogP contribution is -2.11. The number of rotatable bonds is 9. The minimum absolute atomic E-state index is 0.0319. The standard InChI is InChI=1S/C45H36N5O2S/c1-47(35-17-9-5-10-18-35)37-27-23-33(24-28-37)42(34-25-29-38(30-26-34)48(2)36-19-11-6-12-20-36)44-43(32-15-7-4-8-16-32)39(31-46)45(53-44)49(3)40-21-13-14-22-41(40)50(51)52/h4-30H,1-3H3/q+1. The Morgan fingerprint density at radius 2 is 1.26 bits per heavy atom. The zero-order chi connectivity index (χ0) is 36.9. The molecule has 1 heterocycles. The lowest BCUT2D eigenvalue weighted by atomic mass is 9.90. The highest BCUT2D eigenvalue weighted by Crippen LogP contribution is 2.50. The number of hydrogen-bond acceptors (Lipinski definition) is 6. The van der Waals surface area contributed by atoms with Crippen molar-refractivity contribution in [2.75, 3.05) is 30.9 Å². The van der Waals surface area contributed by atoms with Crippen LogP contribution in [0.5, 0.6) is 0 Å². The zero-order valence-corrected chi connectivity index (χ0v) is 30.4. The average molecular weight is 711 g/mol. The first-order valence-electron chi connectivity index (χ1n) is 17.1. The van der Waals surface area contributed by atoms with Gasteiger partial charge in [0.05, 0.1) is 10.5 Å². The van der Waals surface area contributed by atoms with E-state index >= 15 is 0 Å². The predicted molar refractivity (Wildman–Crippen MR) is 218 cm³/mol. The van der Waals surface area contributed by atoms with Crippen LogP contribution >= 0.6 is 11.3 Å². The van der Waals surface area contributed by atoms with Gasteiger partial charge in [-0.15, -0.1) is 11.3 Å². The molecule has 0 unspecified atom stereocenters. The summed E-state index contributed by atoms with van der Waals surface area (Å²) in [5.74, 6) is 0. The van der Waals surface area contributed by atoms with Gasteiger partial charge in [-0.3, -0.25) is 10.1 Å². The van der Waals surface area contributed by atoms with Crippen molar-refractivity contribution in [1.82, 2.24) is 0 Å². The summed E-state index contributed by atoms with van der Waals surface area (Å²) in [6.45, 7) is 0. The highest BCUT2D eigenvalue weighted by molar-refractivity contribution is 7.18. The molecule has 1 aromatic heterocycles. The first kappa shape index (κ1) is 34.6. The number of nitro benzene ring substituents is 1. The molecule has 0 aliphatic heterocycles. The molecule has 1 aliphatic rings. The van der Waals surface area contributed by atoms with Crippen LogP contribution in [0.1, 0.15) is 16.0 Å². The van der Waals surface area contributed by atoms with Crippen LogP contribution in [0.25, 0.3) is 16.7 Å². The Morgan fingerprint density at radius 3 is 1.89 bits per heavy atom. The van der Waals surface area contributed by atoms with Gasteiger partial charge < -0.3 is 9.80 Å². The SMILES string of the molecule is CN(c1ccccc1)c1ccc(C(=C2C=CC(=[N+](C)c3ccccc3)C=C2)c2sc(N(C)c3ccccc3[N+](=O)[O-])c(C#N)c2-c2ccccc2)cc1. The molecule has 5 aromatic carbocycles. The van der Waals surface area contributed by atoms with Crippen LogP contribution < -0.4 is 9.80 Å². The molecule has 0 atom stereocenters. The molecule has 7 nitrogen and oxygen atoms in total. The number of anilines is 4. The van der Waals surface area contributed by atoms with Gasteiger partial charge in [0, 0.05) is 71.8 Å². The van der Waals surface area contributed by atoms with Crippen molar-refractivity contribution in [3.8, 4) is 17.2 Å². The molecule has 1 aliphatic carbocycles. The largest absolute Gasteiger partial charge is 0.345 e. The fraction of sp³-hybridized carbons (Fsp3) is 0.0667. The Bertz CT molecular complexity index is 2440. The molecule has 0 saturated heterocycles. The number of benzene rings is 5. The van der Waals surface area contributed by atoms with Gasteiger partial charge in [0.25, 0.3) is 5.69 Å². The minimum atomic E-state index is -0.385. The highest BCUT2D eigenvalue weighted by atomic mass is 32.1. The topological polar surface area (TPSA) is 76.4 Å². The van der Waals surface area contributed by atoms with E-state index in [4.69, 9.17) is 0 Å². The van der Waals surface area contributed by atoms with Crippen molar-refractivity contribution in [2.45, 2.75) is 0 Å². The van der Waals surface area contributed by atoms with Crippen molar-refractivity contribution in [3.63, 3.8) is 0 Å². The van der Waals surface area contributed by atoms with Gasteiger partial charge in [-0.1, -0.05) is 91.0 Å². The Morgan fingerprint density at radius 1 is 0.698 bits per heavy atom. The van der Waals surface area contributed by atoms with E-state index in [1.165, 1.54) is 17.4 Å². The Kier molecular flexibility index (Phi) is 9.93. The number of hydrogen-bond donors (Lipinski definition) is 0. The second-order valence-electron chi connectivity index (χ2n) is 12.5. The summed E-state index contributed by atoms with van der Waals surface area (Å²) in [4.78, 5) is 16.5. The third-order valence-electron chi connectivity index (χ3n) is 9.41. The molecule has 53 heavy (non-hydrogen) atoms. The van der Waals surface area contributed by atoms with Crippen molar-refractivity contribution in [2.24, 2.45) is 0 Å². The maximum Gasteiger partial charge on any atom is 0.292 e. The summed E-state index contributed by atoms with van der Waals surface area (Å²) in [7, 11) is 5.89. The molecule has 0 spiro atoms. The van der Waals surface area contributed by atoms with Gasteiger partial charge >= 0.3 is 0 Å². The van der Waals surface area contributed by atoms with E-state index in [9.17, 15) is 15.4 Å². The quantitative estimate of drug-likeness (QED) is 0.0848. The Balaban J connectivity index is 1.45. The molecule has 8 heteroatoms. The van der Waals surface area contributed by atoms with E-state index in [0.717, 1.165) is 55.5 Å². The lowest BCUT2D eigenvalue weighted by molar-refractivity contribution is -0.403. The molecule has 0 radical (unpaired) electrons. The number of thiophene rings is 1. The molecular formula is C45H36N5O2S+. The monoisotopic (exact) mass is 710 g/mol. The minimum Gasteiger partial charge on any atom is -0.345 e. The molecule has 0 fully saturated rings. The summed E-state index contributed by atoms with van der Waals surface area (Å²) in [5, 5.41) is 23.6. The summed E-state index contributed by atoms with van der Waals surface area (Å²) in [6, 6.07) is 47.9. The number of nitriles is 1. The van der Waals surface area contributed by atoms with Crippen LogP contribution in [0.2, 0.25) is 0 Å². The van der Waals surface area contributed by atoms with E-state index < -0.39 is 0 Å². The Hall–Kier alpha value is -6.82. The molecule has 0 saturated carbocycles. The summed E-state index contributed by atoms with van der Waals surface area (Å²) in [5.41, 5.74) is 9.61. The van der Waals surface area contributed by atoms with Crippen molar-refractivity contribution in [3.05, 3.63) is 196 Å². The van der Waals surface area contributed by atoms with Crippen LogP contribution in [0, 0.1) is 21.4 Å². The maximum absolute atomic E-state index is 12.1. The van der Waals surface area contributed by atoms with Crippen molar-refractivity contribution < 1.29 is 9.50 Å². The van der Waals surface area contributed by atoms with Gasteiger partial charge in [-0.25, -0.2) is 0 Å². The van der Waals surface area contributed by atoms with E-state index in [0.29, 0.717) is 16.3 Å². The number of para-hydroxylation sites is 4. The average Bonchev–Trinajstić information content (AvgIpc) is 3.60. The van der Waals surface area contributed by atoms with Gasteiger partial charge in [0.1, 0.15) is 23.8 Å². The number of allylic oxidation sites excluding steroid dienone is 5. The maximum atomic E-state index is 12.1. The Labute approximate surface area is 313 Å². The first-order chi connectivity index (χ1) is 25.9. The second kappa shape index (κ2) is 15.2. The zero-order valence-electron chi connectivity index (χ0n) is 29.5. The van der Waals surface area contributed by atoms with Crippen LogP contribution in [-0.4, -0.2) is 36.4 Å². The molecule has 258 valence electrons. The van der Waals surface area contributed by atoms with E-state index in [1.807, 2.05) is 80.8 Å². The van der Waals surface area contributed by atoms with Gasteiger partial charge in [0.2, 0.25) is 11.4 Å². The second-order valence-corrected chi connectivity index (χ2v) is 13.5. The molecule has 0 N–H and O–H groups in total. The summed E-state index contributed by atoms with van der Waals surface area (Å²) in [6.07, 6.45) is 8.47. The van der Waals surface area contributed by atoms with Gasteiger partial charge in [-0.2, -0.15) is 9.84 Å². The normalized spacial score (nSPS) is 12.0. The molecule has 0 amide bonds. The summed E-state index contributed by atoms with van der Waals surface area (Å²) < 4.78 is 2.14. The fourth-order valence-electron chi connectivity index (χ4n) is 6.56. The van der Waals surface area contributed by atoms with Crippen LogP contribution in [0.4, 0.5) is 33.4 Å². The molecule has 0 bridgehead atoms. The number of nitrogens with zero attached hydrogens (tertiary/aromatic N) is 5. The molecule has 6 aromatic rings. The summed E-state index contributed by atoms with van der Waals surface area (Å²) >= 11 is 1.46. The fourth-order valence-corrected chi connectivity index (χ4v) is 7.90. The van der Waals surface area contributed by atoms with Crippen molar-refractivity contribution >= 4 is 56.1 Å². The molecular weight excluding hydrogens is 675 g/mol. The van der Waals surface area contributed by atoms with Gasteiger partial charge in [-0.05, 0) is 59.2 Å². The first-order valence-corrected chi connectivity index (χ1v) is 17.9. The van der Waals surface area contributed by atoms with Crippen molar-refractivity contribution in [1.29, 1.82) is 5.26 Å². The third-order valence-corrected chi connectivity index (χ3v) is 10.7.